The molecule has 0 aromatic heterocycles. The van der Waals surface area contributed by atoms with Crippen molar-refractivity contribution in [3.63, 3.8) is 0 Å². The molecule has 2 aromatic rings. The van der Waals surface area contributed by atoms with Crippen molar-refractivity contribution in [1.29, 1.82) is 0 Å². The largest absolute Gasteiger partial charge is 0.388 e. The van der Waals surface area contributed by atoms with Crippen molar-refractivity contribution in [2.75, 3.05) is 0 Å². The molecule has 0 fully saturated rings. The van der Waals surface area contributed by atoms with Gasteiger partial charge >= 0.3 is 0 Å². The van der Waals surface area contributed by atoms with Gasteiger partial charge in [-0.3, -0.25) is 4.79 Å². The van der Waals surface area contributed by atoms with Crippen LogP contribution in [0.25, 0.3) is 0 Å². The topological polar surface area (TPSA) is 49.3 Å². The van der Waals surface area contributed by atoms with Crippen LogP contribution in [0, 0.1) is 0 Å². The molecule has 2 aromatic carbocycles. The SMILES string of the molecule is C[C@@H](C[C@@H](O)c1ccccc1)NC(=O)c1ccccc1Cl. The maximum atomic E-state index is 12.1. The van der Waals surface area contributed by atoms with Gasteiger partial charge in [0.05, 0.1) is 16.7 Å². The highest BCUT2D eigenvalue weighted by atomic mass is 35.5. The quantitative estimate of drug-likeness (QED) is 0.887. The Morgan fingerprint density at radius 3 is 2.43 bits per heavy atom. The summed E-state index contributed by atoms with van der Waals surface area (Å²) in [6.07, 6.45) is -0.159. The third-order valence-electron chi connectivity index (χ3n) is 3.26. The average Bonchev–Trinajstić information content (AvgIpc) is 2.48. The summed E-state index contributed by atoms with van der Waals surface area (Å²) in [5, 5.41) is 13.4. The van der Waals surface area contributed by atoms with Crippen LogP contribution in [0.3, 0.4) is 0 Å². The van der Waals surface area contributed by atoms with E-state index in [0.717, 1.165) is 5.56 Å². The van der Waals surface area contributed by atoms with E-state index in [4.69, 9.17) is 11.6 Å². The molecule has 0 aliphatic heterocycles. The van der Waals surface area contributed by atoms with Gasteiger partial charge in [-0.05, 0) is 31.0 Å². The van der Waals surface area contributed by atoms with Crippen molar-refractivity contribution in [1.82, 2.24) is 5.32 Å². The fraction of sp³-hybridized carbons (Fsp3) is 0.235. The maximum absolute atomic E-state index is 12.1. The summed E-state index contributed by atoms with van der Waals surface area (Å²) in [4.78, 5) is 12.1. The summed E-state index contributed by atoms with van der Waals surface area (Å²) in [6, 6.07) is 16.1. The summed E-state index contributed by atoms with van der Waals surface area (Å²) in [5.74, 6) is -0.228. The highest BCUT2D eigenvalue weighted by molar-refractivity contribution is 6.33. The molecule has 110 valence electrons. The maximum Gasteiger partial charge on any atom is 0.253 e. The van der Waals surface area contributed by atoms with Gasteiger partial charge in [0.1, 0.15) is 0 Å². The number of aliphatic hydroxyl groups is 1. The summed E-state index contributed by atoms with van der Waals surface area (Å²) < 4.78 is 0. The van der Waals surface area contributed by atoms with Crippen molar-refractivity contribution in [2.45, 2.75) is 25.5 Å². The highest BCUT2D eigenvalue weighted by Crippen LogP contribution is 2.19. The molecule has 0 saturated heterocycles. The Kier molecular flexibility index (Phi) is 5.37. The lowest BCUT2D eigenvalue weighted by Crippen LogP contribution is -2.33. The van der Waals surface area contributed by atoms with E-state index in [1.807, 2.05) is 37.3 Å². The van der Waals surface area contributed by atoms with E-state index >= 15 is 0 Å². The summed E-state index contributed by atoms with van der Waals surface area (Å²) in [5.41, 5.74) is 1.29. The molecule has 2 N–H and O–H groups in total. The zero-order valence-electron chi connectivity index (χ0n) is 11.8. The molecule has 0 aliphatic rings. The molecule has 4 heteroatoms. The molecule has 0 bridgehead atoms. The number of carbonyl (C=O) groups is 1. The van der Waals surface area contributed by atoms with Gasteiger partial charge in [0.25, 0.3) is 5.91 Å². The van der Waals surface area contributed by atoms with Crippen LogP contribution < -0.4 is 5.32 Å². The first-order valence-electron chi connectivity index (χ1n) is 6.86. The molecule has 0 saturated carbocycles. The number of benzene rings is 2. The molecular weight excluding hydrogens is 286 g/mol. The van der Waals surface area contributed by atoms with Crippen LogP contribution >= 0.6 is 11.6 Å². The number of hydrogen-bond donors (Lipinski definition) is 2. The van der Waals surface area contributed by atoms with E-state index < -0.39 is 6.10 Å². The van der Waals surface area contributed by atoms with Crippen molar-refractivity contribution >= 4 is 17.5 Å². The Hall–Kier alpha value is -1.84. The van der Waals surface area contributed by atoms with Gasteiger partial charge in [0.2, 0.25) is 0 Å². The number of aliphatic hydroxyl groups excluding tert-OH is 1. The lowest BCUT2D eigenvalue weighted by Gasteiger charge is -2.18. The average molecular weight is 304 g/mol. The van der Waals surface area contributed by atoms with Crippen LogP contribution in [0.2, 0.25) is 5.02 Å². The lowest BCUT2D eigenvalue weighted by atomic mass is 10.0. The van der Waals surface area contributed by atoms with E-state index in [2.05, 4.69) is 5.32 Å². The van der Waals surface area contributed by atoms with Gasteiger partial charge in [-0.2, -0.15) is 0 Å². The van der Waals surface area contributed by atoms with E-state index in [-0.39, 0.29) is 11.9 Å². The predicted molar refractivity (Wildman–Crippen MR) is 84.4 cm³/mol. The van der Waals surface area contributed by atoms with Crippen molar-refractivity contribution in [3.8, 4) is 0 Å². The normalized spacial score (nSPS) is 13.5. The van der Waals surface area contributed by atoms with Gasteiger partial charge < -0.3 is 10.4 Å². The second-order valence-corrected chi connectivity index (χ2v) is 5.42. The van der Waals surface area contributed by atoms with Gasteiger partial charge in [0, 0.05) is 6.04 Å². The third kappa shape index (κ3) is 4.31. The molecule has 2 rings (SSSR count). The highest BCUT2D eigenvalue weighted by Gasteiger charge is 2.16. The van der Waals surface area contributed by atoms with Crippen LogP contribution in [0.15, 0.2) is 54.6 Å². The molecule has 0 heterocycles. The summed E-state index contributed by atoms with van der Waals surface area (Å²) >= 11 is 5.99. The zero-order valence-corrected chi connectivity index (χ0v) is 12.5. The second kappa shape index (κ2) is 7.25. The van der Waals surface area contributed by atoms with Gasteiger partial charge in [-0.25, -0.2) is 0 Å². The first kappa shape index (κ1) is 15.5. The Morgan fingerprint density at radius 1 is 1.14 bits per heavy atom. The summed E-state index contributed by atoms with van der Waals surface area (Å²) in [6.45, 7) is 1.86. The molecule has 2 atom stereocenters. The van der Waals surface area contributed by atoms with Crippen LogP contribution in [-0.2, 0) is 0 Å². The number of amides is 1. The predicted octanol–water partition coefficient (Wildman–Crippen LogP) is 3.58. The minimum atomic E-state index is -0.604. The summed E-state index contributed by atoms with van der Waals surface area (Å²) in [7, 11) is 0. The number of nitrogens with one attached hydrogen (secondary N) is 1. The molecule has 21 heavy (non-hydrogen) atoms. The van der Waals surface area contributed by atoms with E-state index in [1.165, 1.54) is 0 Å². The van der Waals surface area contributed by atoms with Gasteiger partial charge in [-0.15, -0.1) is 0 Å². The van der Waals surface area contributed by atoms with Crippen molar-refractivity contribution in [2.24, 2.45) is 0 Å². The van der Waals surface area contributed by atoms with E-state index in [0.29, 0.717) is 17.0 Å². The van der Waals surface area contributed by atoms with Crippen LogP contribution in [0.4, 0.5) is 0 Å². The van der Waals surface area contributed by atoms with Crippen LogP contribution in [-0.4, -0.2) is 17.1 Å². The minimum Gasteiger partial charge on any atom is -0.388 e. The molecule has 3 nitrogen and oxygen atoms in total. The van der Waals surface area contributed by atoms with E-state index in [1.54, 1.807) is 24.3 Å². The van der Waals surface area contributed by atoms with Crippen LogP contribution in [0.5, 0.6) is 0 Å². The lowest BCUT2D eigenvalue weighted by molar-refractivity contribution is 0.0917. The number of hydrogen-bond acceptors (Lipinski definition) is 2. The molecule has 0 spiro atoms. The molecule has 0 aliphatic carbocycles. The Morgan fingerprint density at radius 2 is 1.76 bits per heavy atom. The monoisotopic (exact) mass is 303 g/mol. The first-order valence-corrected chi connectivity index (χ1v) is 7.24. The molecule has 1 amide bonds. The molecular formula is C17H18ClNO2. The Labute approximate surface area is 129 Å². The fourth-order valence-electron chi connectivity index (χ4n) is 2.15. The second-order valence-electron chi connectivity index (χ2n) is 5.02. The zero-order chi connectivity index (χ0) is 15.2. The third-order valence-corrected chi connectivity index (χ3v) is 3.59. The van der Waals surface area contributed by atoms with Gasteiger partial charge in [0.15, 0.2) is 0 Å². The number of rotatable bonds is 5. The molecule has 0 radical (unpaired) electrons. The fourth-order valence-corrected chi connectivity index (χ4v) is 2.37. The Bertz CT molecular complexity index is 601. The minimum absolute atomic E-state index is 0.163. The molecule has 0 unspecified atom stereocenters. The smallest absolute Gasteiger partial charge is 0.253 e. The standard InChI is InChI=1S/C17H18ClNO2/c1-12(11-16(20)13-7-3-2-4-8-13)19-17(21)14-9-5-6-10-15(14)18/h2-10,12,16,20H,11H2,1H3,(H,19,21)/t12-,16+/m0/s1. The van der Waals surface area contributed by atoms with Crippen molar-refractivity contribution in [3.05, 3.63) is 70.7 Å². The number of halogens is 1. The van der Waals surface area contributed by atoms with E-state index in [9.17, 15) is 9.90 Å². The van der Waals surface area contributed by atoms with Crippen LogP contribution in [0.1, 0.15) is 35.4 Å². The number of carbonyl (C=O) groups excluding carboxylic acids is 1. The van der Waals surface area contributed by atoms with Gasteiger partial charge in [-0.1, -0.05) is 54.1 Å². The van der Waals surface area contributed by atoms with Crippen molar-refractivity contribution < 1.29 is 9.90 Å². The Balaban J connectivity index is 1.94. The first-order chi connectivity index (χ1) is 10.1.